The van der Waals surface area contributed by atoms with Gasteiger partial charge in [-0.3, -0.25) is 4.99 Å². The second kappa shape index (κ2) is 4.89. The van der Waals surface area contributed by atoms with E-state index in [0.29, 0.717) is 6.04 Å². The van der Waals surface area contributed by atoms with Gasteiger partial charge in [0.2, 0.25) is 0 Å². The summed E-state index contributed by atoms with van der Waals surface area (Å²) in [6.07, 6.45) is 13.8. The molecule has 1 aliphatic carbocycles. The molecule has 0 saturated carbocycles. The normalized spacial score (nSPS) is 23.2. The van der Waals surface area contributed by atoms with Gasteiger partial charge in [0.15, 0.2) is 0 Å². The van der Waals surface area contributed by atoms with Crippen molar-refractivity contribution in [1.29, 1.82) is 0 Å². The summed E-state index contributed by atoms with van der Waals surface area (Å²) in [4.78, 5) is 4.41. The van der Waals surface area contributed by atoms with Crippen LogP contribution in [0.3, 0.4) is 0 Å². The lowest BCUT2D eigenvalue weighted by molar-refractivity contribution is 0.824. The minimum absolute atomic E-state index is 0.409. The van der Waals surface area contributed by atoms with Crippen molar-refractivity contribution in [2.75, 3.05) is 0 Å². The minimum Gasteiger partial charge on any atom is -0.290 e. The quantitative estimate of drug-likeness (QED) is 0.547. The van der Waals surface area contributed by atoms with Gasteiger partial charge < -0.3 is 0 Å². The predicted octanol–water partition coefficient (Wildman–Crippen LogP) is 2.74. The number of unbranched alkanes of at least 4 members (excludes halogenated alkanes) is 1. The molecule has 60 valence electrons. The maximum atomic E-state index is 4.41. The molecule has 0 radical (unpaired) electrons. The minimum atomic E-state index is 0.409. The van der Waals surface area contributed by atoms with Gasteiger partial charge in [0.1, 0.15) is 0 Å². The maximum absolute atomic E-state index is 4.41. The van der Waals surface area contributed by atoms with Crippen molar-refractivity contribution in [3.8, 4) is 0 Å². The zero-order valence-electron chi connectivity index (χ0n) is 7.03. The molecule has 1 rings (SSSR count). The summed E-state index contributed by atoms with van der Waals surface area (Å²) in [5.74, 6) is 0. The average Bonchev–Trinajstić information content (AvgIpc) is 2.07. The third-order valence-corrected chi connectivity index (χ3v) is 1.67. The molecule has 0 heterocycles. The fourth-order valence-electron chi connectivity index (χ4n) is 1.02. The van der Waals surface area contributed by atoms with Gasteiger partial charge in [0.25, 0.3) is 0 Å². The molecule has 1 atom stereocenters. The van der Waals surface area contributed by atoms with Crippen LogP contribution in [0.4, 0.5) is 0 Å². The molecule has 0 saturated heterocycles. The van der Waals surface area contributed by atoms with Gasteiger partial charge in [-0.05, 0) is 19.1 Å². The van der Waals surface area contributed by atoms with E-state index in [9.17, 15) is 0 Å². The van der Waals surface area contributed by atoms with Crippen LogP contribution in [0.2, 0.25) is 0 Å². The number of nitrogens with zero attached hydrogens (tertiary/aromatic N) is 1. The summed E-state index contributed by atoms with van der Waals surface area (Å²) < 4.78 is 0. The highest BCUT2D eigenvalue weighted by molar-refractivity contribution is 5.57. The monoisotopic (exact) mass is 149 g/mol. The summed E-state index contributed by atoms with van der Waals surface area (Å²) in [6.45, 7) is 2.17. The van der Waals surface area contributed by atoms with Gasteiger partial charge in [0, 0.05) is 0 Å². The number of rotatable bonds is 3. The molecule has 0 N–H and O–H groups in total. The Kier molecular flexibility index (Phi) is 3.67. The average molecular weight is 149 g/mol. The molecular weight excluding hydrogens is 134 g/mol. The first-order valence-corrected chi connectivity index (χ1v) is 4.28. The van der Waals surface area contributed by atoms with Crippen LogP contribution < -0.4 is 0 Å². The molecule has 0 aliphatic heterocycles. The van der Waals surface area contributed by atoms with E-state index >= 15 is 0 Å². The Labute approximate surface area is 68.5 Å². The van der Waals surface area contributed by atoms with Crippen molar-refractivity contribution in [3.05, 3.63) is 24.3 Å². The van der Waals surface area contributed by atoms with Crippen molar-refractivity contribution >= 4 is 6.21 Å². The molecule has 0 fully saturated rings. The first-order valence-electron chi connectivity index (χ1n) is 4.28. The van der Waals surface area contributed by atoms with Crippen molar-refractivity contribution in [2.24, 2.45) is 4.99 Å². The predicted molar refractivity (Wildman–Crippen MR) is 50.1 cm³/mol. The Bertz CT molecular complexity index is 177. The van der Waals surface area contributed by atoms with Crippen LogP contribution in [-0.2, 0) is 0 Å². The fourth-order valence-corrected chi connectivity index (χ4v) is 1.02. The van der Waals surface area contributed by atoms with Crippen LogP contribution in [0.1, 0.15) is 26.2 Å². The molecule has 11 heavy (non-hydrogen) atoms. The van der Waals surface area contributed by atoms with Crippen LogP contribution in [0.5, 0.6) is 0 Å². The van der Waals surface area contributed by atoms with Crippen LogP contribution in [0.25, 0.3) is 0 Å². The SMILES string of the molecule is CCCC=NC1C=CC=CC1. The lowest BCUT2D eigenvalue weighted by atomic mass is 10.1. The second-order valence-corrected chi connectivity index (χ2v) is 2.74. The molecule has 0 amide bonds. The van der Waals surface area contributed by atoms with E-state index in [2.05, 4.69) is 36.2 Å². The number of hydrogen-bond donors (Lipinski definition) is 0. The first-order chi connectivity index (χ1) is 5.43. The Morgan fingerprint density at radius 1 is 1.55 bits per heavy atom. The van der Waals surface area contributed by atoms with Gasteiger partial charge in [0.05, 0.1) is 6.04 Å². The lowest BCUT2D eigenvalue weighted by Crippen LogP contribution is -2.00. The number of allylic oxidation sites excluding steroid dienone is 2. The first kappa shape index (κ1) is 8.25. The zero-order chi connectivity index (χ0) is 7.94. The van der Waals surface area contributed by atoms with E-state index in [1.54, 1.807) is 0 Å². The van der Waals surface area contributed by atoms with Gasteiger partial charge in [-0.15, -0.1) is 0 Å². The van der Waals surface area contributed by atoms with Gasteiger partial charge in [-0.2, -0.15) is 0 Å². The van der Waals surface area contributed by atoms with Gasteiger partial charge >= 0.3 is 0 Å². The third kappa shape index (κ3) is 3.17. The molecule has 0 aromatic heterocycles. The Balaban J connectivity index is 2.26. The maximum Gasteiger partial charge on any atom is 0.0713 e. The molecule has 0 aromatic rings. The molecule has 0 spiro atoms. The number of aliphatic imine (C=N–C) groups is 1. The summed E-state index contributed by atoms with van der Waals surface area (Å²) in [5, 5.41) is 0. The highest BCUT2D eigenvalue weighted by Crippen LogP contribution is 2.06. The van der Waals surface area contributed by atoms with Crippen LogP contribution in [-0.4, -0.2) is 12.3 Å². The van der Waals surface area contributed by atoms with E-state index in [0.717, 1.165) is 12.8 Å². The highest BCUT2D eigenvalue weighted by atomic mass is 14.8. The fraction of sp³-hybridized carbons (Fsp3) is 0.500. The summed E-state index contributed by atoms with van der Waals surface area (Å²) in [5.41, 5.74) is 0. The molecule has 1 nitrogen and oxygen atoms in total. The van der Waals surface area contributed by atoms with Crippen LogP contribution >= 0.6 is 0 Å². The summed E-state index contributed by atoms with van der Waals surface area (Å²) in [6, 6.07) is 0.409. The molecular formula is C10H15N. The standard InChI is InChI=1S/C10H15N/c1-2-3-9-11-10-7-5-4-6-8-10/h4-7,9-10H,2-3,8H2,1H3. The Morgan fingerprint density at radius 2 is 2.45 bits per heavy atom. The molecule has 1 unspecified atom stereocenters. The molecule has 1 aliphatic rings. The largest absolute Gasteiger partial charge is 0.290 e. The smallest absolute Gasteiger partial charge is 0.0713 e. The van der Waals surface area contributed by atoms with E-state index in [1.807, 2.05) is 6.21 Å². The Morgan fingerprint density at radius 3 is 3.09 bits per heavy atom. The van der Waals surface area contributed by atoms with Crippen molar-refractivity contribution < 1.29 is 0 Å². The van der Waals surface area contributed by atoms with Crippen LogP contribution in [0.15, 0.2) is 29.3 Å². The molecule has 0 aromatic carbocycles. The molecule has 1 heteroatoms. The van der Waals surface area contributed by atoms with E-state index in [4.69, 9.17) is 0 Å². The van der Waals surface area contributed by atoms with Crippen molar-refractivity contribution in [3.63, 3.8) is 0 Å². The number of hydrogen-bond acceptors (Lipinski definition) is 1. The van der Waals surface area contributed by atoms with Crippen molar-refractivity contribution in [2.45, 2.75) is 32.2 Å². The van der Waals surface area contributed by atoms with E-state index in [1.165, 1.54) is 6.42 Å². The third-order valence-electron chi connectivity index (χ3n) is 1.67. The lowest BCUT2D eigenvalue weighted by Gasteiger charge is -2.05. The Hall–Kier alpha value is -0.850. The summed E-state index contributed by atoms with van der Waals surface area (Å²) in [7, 11) is 0. The van der Waals surface area contributed by atoms with Crippen molar-refractivity contribution in [1.82, 2.24) is 0 Å². The second-order valence-electron chi connectivity index (χ2n) is 2.74. The van der Waals surface area contributed by atoms with E-state index in [-0.39, 0.29) is 0 Å². The summed E-state index contributed by atoms with van der Waals surface area (Å²) >= 11 is 0. The van der Waals surface area contributed by atoms with Gasteiger partial charge in [-0.1, -0.05) is 37.6 Å². The molecule has 0 bridgehead atoms. The zero-order valence-corrected chi connectivity index (χ0v) is 7.03. The highest BCUT2D eigenvalue weighted by Gasteiger charge is 1.99. The van der Waals surface area contributed by atoms with E-state index < -0.39 is 0 Å². The van der Waals surface area contributed by atoms with Crippen LogP contribution in [0, 0.1) is 0 Å². The topological polar surface area (TPSA) is 12.4 Å². The van der Waals surface area contributed by atoms with Gasteiger partial charge in [-0.25, -0.2) is 0 Å².